The van der Waals surface area contributed by atoms with Crippen LogP contribution in [0.2, 0.25) is 0 Å². The lowest BCUT2D eigenvalue weighted by Gasteiger charge is -1.94. The Balaban J connectivity index is 3.71. The van der Waals surface area contributed by atoms with Gasteiger partial charge in [0.25, 0.3) is 0 Å². The molecule has 0 heterocycles. The molecule has 0 saturated carbocycles. The summed E-state index contributed by atoms with van der Waals surface area (Å²) in [6.45, 7) is 9.96. The molecular formula is C14H20. The molecule has 0 atom stereocenters. The van der Waals surface area contributed by atoms with Gasteiger partial charge in [-0.3, -0.25) is 0 Å². The maximum atomic E-state index is 3.71. The fraction of sp³-hybridized carbons (Fsp3) is 0.429. The zero-order valence-electron chi connectivity index (χ0n) is 9.56. The maximum Gasteiger partial charge on any atom is -0.00790 e. The lowest BCUT2D eigenvalue weighted by atomic mass is 10.1. The van der Waals surface area contributed by atoms with E-state index in [2.05, 4.69) is 44.4 Å². The van der Waals surface area contributed by atoms with Crippen molar-refractivity contribution in [2.75, 3.05) is 0 Å². The summed E-state index contributed by atoms with van der Waals surface area (Å²) in [4.78, 5) is 0. The van der Waals surface area contributed by atoms with E-state index in [4.69, 9.17) is 0 Å². The second-order valence-corrected chi connectivity index (χ2v) is 3.45. The van der Waals surface area contributed by atoms with Gasteiger partial charge in [-0.25, -0.2) is 0 Å². The molecule has 0 unspecified atom stereocenters. The second-order valence-electron chi connectivity index (χ2n) is 3.45. The van der Waals surface area contributed by atoms with Crippen molar-refractivity contribution in [1.82, 2.24) is 0 Å². The monoisotopic (exact) mass is 188 g/mol. The Hall–Kier alpha value is -1.22. The first-order valence-corrected chi connectivity index (χ1v) is 5.14. The van der Waals surface area contributed by atoms with Crippen LogP contribution in [0.4, 0.5) is 0 Å². The van der Waals surface area contributed by atoms with E-state index in [9.17, 15) is 0 Å². The number of hydrogen-bond donors (Lipinski definition) is 0. The fourth-order valence-electron chi connectivity index (χ4n) is 1.07. The molecule has 0 N–H and O–H groups in total. The van der Waals surface area contributed by atoms with Gasteiger partial charge in [0.2, 0.25) is 0 Å². The highest BCUT2D eigenvalue weighted by molar-refractivity contribution is 5.28. The molecule has 0 rings (SSSR count). The minimum absolute atomic E-state index is 0.914. The van der Waals surface area contributed by atoms with Crippen molar-refractivity contribution in [2.24, 2.45) is 0 Å². The van der Waals surface area contributed by atoms with Gasteiger partial charge in [0.15, 0.2) is 0 Å². The van der Waals surface area contributed by atoms with Crippen molar-refractivity contribution >= 4 is 0 Å². The Morgan fingerprint density at radius 3 is 2.64 bits per heavy atom. The molecule has 76 valence electrons. The summed E-state index contributed by atoms with van der Waals surface area (Å²) in [5.74, 6) is 5.85. The van der Waals surface area contributed by atoms with Gasteiger partial charge in [-0.15, -0.1) is 0 Å². The number of rotatable bonds is 4. The standard InChI is InChI=1S/C14H20/c1-5-10-14(4)12-9-7-6-8-11-13(2)3/h6-7,10H,2,5,9,12H2,1,3-4H3. The molecule has 0 nitrogen and oxygen atoms in total. The van der Waals surface area contributed by atoms with Crippen LogP contribution >= 0.6 is 0 Å². The smallest absolute Gasteiger partial charge is 0.00790 e. The Kier molecular flexibility index (Phi) is 7.65. The molecule has 0 radical (unpaired) electrons. The van der Waals surface area contributed by atoms with E-state index in [0.29, 0.717) is 0 Å². The topological polar surface area (TPSA) is 0 Å². The summed E-state index contributed by atoms with van der Waals surface area (Å²) in [5.41, 5.74) is 2.38. The van der Waals surface area contributed by atoms with Crippen molar-refractivity contribution in [2.45, 2.75) is 40.0 Å². The van der Waals surface area contributed by atoms with Crippen molar-refractivity contribution in [1.29, 1.82) is 0 Å². The third-order valence-electron chi connectivity index (χ3n) is 1.74. The number of hydrogen-bond acceptors (Lipinski definition) is 0. The maximum absolute atomic E-state index is 3.71. The van der Waals surface area contributed by atoms with E-state index in [1.165, 1.54) is 5.57 Å². The van der Waals surface area contributed by atoms with E-state index in [-0.39, 0.29) is 0 Å². The van der Waals surface area contributed by atoms with Gasteiger partial charge in [0, 0.05) is 0 Å². The largest absolute Gasteiger partial charge is 0.0877 e. The predicted molar refractivity (Wildman–Crippen MR) is 65.0 cm³/mol. The summed E-state index contributed by atoms with van der Waals surface area (Å²) < 4.78 is 0. The number of allylic oxidation sites excluding steroid dienone is 5. The Morgan fingerprint density at radius 1 is 1.36 bits per heavy atom. The van der Waals surface area contributed by atoms with Crippen LogP contribution in [-0.4, -0.2) is 0 Å². The molecule has 0 aromatic heterocycles. The Bertz CT molecular complexity index is 279. The highest BCUT2D eigenvalue weighted by Crippen LogP contribution is 2.05. The molecule has 0 bridgehead atoms. The minimum atomic E-state index is 0.914. The molecule has 0 heteroatoms. The first-order valence-electron chi connectivity index (χ1n) is 5.14. The molecule has 0 aromatic rings. The van der Waals surface area contributed by atoms with E-state index in [0.717, 1.165) is 24.8 Å². The van der Waals surface area contributed by atoms with Crippen LogP contribution in [0, 0.1) is 11.8 Å². The van der Waals surface area contributed by atoms with Gasteiger partial charge in [-0.05, 0) is 44.8 Å². The van der Waals surface area contributed by atoms with Crippen molar-refractivity contribution in [3.63, 3.8) is 0 Å². The van der Waals surface area contributed by atoms with Gasteiger partial charge < -0.3 is 0 Å². The molecule has 0 fully saturated rings. The van der Waals surface area contributed by atoms with Crippen LogP contribution in [-0.2, 0) is 0 Å². The van der Waals surface area contributed by atoms with Crippen LogP contribution < -0.4 is 0 Å². The quantitative estimate of drug-likeness (QED) is 0.457. The van der Waals surface area contributed by atoms with Crippen LogP contribution in [0.3, 0.4) is 0 Å². The molecule has 14 heavy (non-hydrogen) atoms. The summed E-state index contributed by atoms with van der Waals surface area (Å²) >= 11 is 0. The van der Waals surface area contributed by atoms with Crippen LogP contribution in [0.5, 0.6) is 0 Å². The average molecular weight is 188 g/mol. The van der Waals surface area contributed by atoms with Crippen LogP contribution in [0.15, 0.2) is 36.0 Å². The summed E-state index contributed by atoms with van der Waals surface area (Å²) in [7, 11) is 0. The van der Waals surface area contributed by atoms with Gasteiger partial charge in [0.1, 0.15) is 0 Å². The van der Waals surface area contributed by atoms with Gasteiger partial charge in [-0.2, -0.15) is 0 Å². The molecule has 0 saturated heterocycles. The lowest BCUT2D eigenvalue weighted by Crippen LogP contribution is -1.74. The van der Waals surface area contributed by atoms with E-state index >= 15 is 0 Å². The van der Waals surface area contributed by atoms with Crippen molar-refractivity contribution < 1.29 is 0 Å². The molecule has 0 aliphatic rings. The molecular weight excluding hydrogens is 168 g/mol. The normalized spacial score (nSPS) is 11.2. The molecule has 0 amide bonds. The highest BCUT2D eigenvalue weighted by Gasteiger charge is 1.85. The molecule has 0 spiro atoms. The lowest BCUT2D eigenvalue weighted by molar-refractivity contribution is 0.962. The van der Waals surface area contributed by atoms with Gasteiger partial charge >= 0.3 is 0 Å². The minimum Gasteiger partial charge on any atom is -0.0877 e. The van der Waals surface area contributed by atoms with E-state index in [1.807, 2.05) is 13.0 Å². The van der Waals surface area contributed by atoms with Crippen LogP contribution in [0.1, 0.15) is 40.0 Å². The van der Waals surface area contributed by atoms with Crippen molar-refractivity contribution in [3.05, 3.63) is 36.0 Å². The summed E-state index contributed by atoms with van der Waals surface area (Å²) in [5, 5.41) is 0. The highest BCUT2D eigenvalue weighted by atomic mass is 13.9. The zero-order chi connectivity index (χ0) is 10.8. The molecule has 0 aliphatic heterocycles. The Labute approximate surface area is 88.4 Å². The zero-order valence-corrected chi connectivity index (χ0v) is 9.56. The first-order chi connectivity index (χ1) is 6.66. The Morgan fingerprint density at radius 2 is 2.07 bits per heavy atom. The molecule has 0 aliphatic carbocycles. The third-order valence-corrected chi connectivity index (χ3v) is 1.74. The summed E-state index contributed by atoms with van der Waals surface area (Å²) in [6, 6.07) is 0. The molecule has 0 aromatic carbocycles. The van der Waals surface area contributed by atoms with Crippen molar-refractivity contribution in [3.8, 4) is 11.8 Å². The van der Waals surface area contributed by atoms with E-state index < -0.39 is 0 Å². The SMILES string of the molecule is C=C(C)C#CC=CCCC(C)=CCC. The second kappa shape index (κ2) is 8.38. The van der Waals surface area contributed by atoms with E-state index in [1.54, 1.807) is 0 Å². The van der Waals surface area contributed by atoms with Gasteiger partial charge in [0.05, 0.1) is 0 Å². The third kappa shape index (κ3) is 8.87. The average Bonchev–Trinajstić information content (AvgIpc) is 2.11. The van der Waals surface area contributed by atoms with Crippen LogP contribution in [0.25, 0.3) is 0 Å². The predicted octanol–water partition coefficient (Wildman–Crippen LogP) is 4.26. The van der Waals surface area contributed by atoms with Gasteiger partial charge in [-0.1, -0.05) is 43.1 Å². The fourth-order valence-corrected chi connectivity index (χ4v) is 1.07. The first kappa shape index (κ1) is 12.8. The summed E-state index contributed by atoms with van der Waals surface area (Å²) in [6.07, 6.45) is 9.64.